The number of aliphatic hydroxyl groups excluding tert-OH is 1. The third kappa shape index (κ3) is 6.37. The third-order valence-corrected chi connectivity index (χ3v) is 5.06. The first-order valence-corrected chi connectivity index (χ1v) is 10.7. The fourth-order valence-electron chi connectivity index (χ4n) is 3.14. The summed E-state index contributed by atoms with van der Waals surface area (Å²) in [5, 5.41) is 26.1. The van der Waals surface area contributed by atoms with Gasteiger partial charge in [-0.25, -0.2) is 9.48 Å². The first kappa shape index (κ1) is 27.8. The minimum absolute atomic E-state index is 0. The van der Waals surface area contributed by atoms with Crippen molar-refractivity contribution in [2.45, 2.75) is 39.7 Å². The molecule has 0 bridgehead atoms. The molecular weight excluding hydrogens is 476 g/mol. The van der Waals surface area contributed by atoms with Crippen molar-refractivity contribution in [3.8, 4) is 11.6 Å². The Morgan fingerprint density at radius 3 is 2.43 bits per heavy atom. The van der Waals surface area contributed by atoms with E-state index in [2.05, 4.69) is 10.2 Å². The molecule has 0 radical (unpaired) electrons. The van der Waals surface area contributed by atoms with E-state index >= 15 is 0 Å². The van der Waals surface area contributed by atoms with Crippen LogP contribution in [0.5, 0.6) is 11.6 Å². The average Bonchev–Trinajstić information content (AvgIpc) is 3.07. The van der Waals surface area contributed by atoms with Gasteiger partial charge in [0.15, 0.2) is 11.4 Å². The predicted molar refractivity (Wildman–Crippen MR) is 131 cm³/mol. The molecule has 0 spiro atoms. The van der Waals surface area contributed by atoms with Gasteiger partial charge >= 0.3 is 6.09 Å². The standard InChI is InChI=1S/C23H30N6O5.ClH/c1-14-9-19(34-22(32)27(5)6)25-29-20(14)26-28(21(29)24)13-18(31)15-10-16(23(2,3)4)12-17(11-15)33-8-7-30;/h9-12,24,30H,7-8,13H2,1-6H3;1H. The number of carbonyl (C=O) groups is 2. The lowest BCUT2D eigenvalue weighted by molar-refractivity contribution is 0.0965. The number of hydrogen-bond acceptors (Lipinski definition) is 8. The first-order valence-electron chi connectivity index (χ1n) is 10.7. The highest BCUT2D eigenvalue weighted by Gasteiger charge is 2.20. The van der Waals surface area contributed by atoms with E-state index in [1.54, 1.807) is 39.2 Å². The van der Waals surface area contributed by atoms with Crippen molar-refractivity contribution in [2.75, 3.05) is 27.3 Å². The molecule has 190 valence electrons. The van der Waals surface area contributed by atoms with Gasteiger partial charge in [-0.2, -0.15) is 4.52 Å². The van der Waals surface area contributed by atoms with Crippen LogP contribution in [0.4, 0.5) is 4.79 Å². The van der Waals surface area contributed by atoms with E-state index in [4.69, 9.17) is 20.0 Å². The molecular formula is C23H31ClN6O5. The van der Waals surface area contributed by atoms with Gasteiger partial charge < -0.3 is 19.5 Å². The van der Waals surface area contributed by atoms with Crippen molar-refractivity contribution >= 4 is 29.9 Å². The fourth-order valence-corrected chi connectivity index (χ4v) is 3.14. The molecule has 3 rings (SSSR count). The molecule has 35 heavy (non-hydrogen) atoms. The summed E-state index contributed by atoms with van der Waals surface area (Å²) in [5.74, 6) is 0.246. The van der Waals surface area contributed by atoms with E-state index < -0.39 is 6.09 Å². The Morgan fingerprint density at radius 1 is 1.14 bits per heavy atom. The minimum Gasteiger partial charge on any atom is -0.491 e. The second-order valence-electron chi connectivity index (χ2n) is 9.14. The number of rotatable bonds is 7. The molecule has 2 aromatic heterocycles. The molecule has 0 fully saturated rings. The number of nitrogens with zero attached hydrogens (tertiary/aromatic N) is 5. The Kier molecular flexibility index (Phi) is 8.64. The number of aromatic nitrogens is 4. The molecule has 0 saturated heterocycles. The van der Waals surface area contributed by atoms with Crippen LogP contribution in [0.3, 0.4) is 0 Å². The molecule has 0 saturated carbocycles. The van der Waals surface area contributed by atoms with Crippen molar-refractivity contribution in [3.63, 3.8) is 0 Å². The maximum atomic E-state index is 13.2. The monoisotopic (exact) mass is 506 g/mol. The summed E-state index contributed by atoms with van der Waals surface area (Å²) in [6.45, 7) is 7.62. The summed E-state index contributed by atoms with van der Waals surface area (Å²) in [7, 11) is 3.10. The number of carbonyl (C=O) groups excluding carboxylic acids is 2. The van der Waals surface area contributed by atoms with Crippen molar-refractivity contribution in [3.05, 3.63) is 46.6 Å². The Labute approximate surface area is 209 Å². The lowest BCUT2D eigenvalue weighted by Crippen LogP contribution is -2.28. The smallest absolute Gasteiger partial charge is 0.416 e. The minimum atomic E-state index is -0.598. The average molecular weight is 507 g/mol. The number of aryl methyl sites for hydroxylation is 1. The van der Waals surface area contributed by atoms with Crippen molar-refractivity contribution < 1.29 is 24.2 Å². The van der Waals surface area contributed by atoms with E-state index in [0.29, 0.717) is 22.5 Å². The zero-order chi connectivity index (χ0) is 25.2. The molecule has 0 atom stereocenters. The number of hydrogen-bond donors (Lipinski definition) is 2. The van der Waals surface area contributed by atoms with Crippen molar-refractivity contribution in [1.82, 2.24) is 24.3 Å². The number of nitrogens with one attached hydrogen (secondary N) is 1. The van der Waals surface area contributed by atoms with Gasteiger partial charge in [-0.05, 0) is 36.1 Å². The molecule has 0 aliphatic heterocycles. The molecule has 1 amide bonds. The molecule has 3 aromatic rings. The highest BCUT2D eigenvalue weighted by Crippen LogP contribution is 2.28. The van der Waals surface area contributed by atoms with Crippen LogP contribution in [-0.4, -0.2) is 68.6 Å². The van der Waals surface area contributed by atoms with Crippen LogP contribution in [0, 0.1) is 12.3 Å². The molecule has 2 heterocycles. The normalized spacial score (nSPS) is 11.2. The van der Waals surface area contributed by atoms with Crippen LogP contribution in [-0.2, 0) is 12.0 Å². The largest absolute Gasteiger partial charge is 0.491 e. The Morgan fingerprint density at radius 2 is 1.83 bits per heavy atom. The molecule has 1 aromatic carbocycles. The van der Waals surface area contributed by atoms with E-state index in [1.807, 2.05) is 26.8 Å². The van der Waals surface area contributed by atoms with Crippen LogP contribution in [0.1, 0.15) is 42.3 Å². The van der Waals surface area contributed by atoms with Gasteiger partial charge in [0.25, 0.3) is 0 Å². The SMILES string of the molecule is Cc1cc(OC(=O)N(C)C)nn2c(=N)n(CC(=O)c3cc(OCCO)cc(C(C)(C)C)c3)nc12.Cl. The van der Waals surface area contributed by atoms with Gasteiger partial charge in [0, 0.05) is 31.3 Å². The van der Waals surface area contributed by atoms with Gasteiger partial charge in [0.05, 0.1) is 6.61 Å². The number of fused-ring (bicyclic) bond motifs is 1. The molecule has 0 unspecified atom stereocenters. The topological polar surface area (TPSA) is 135 Å². The van der Waals surface area contributed by atoms with Crippen LogP contribution < -0.4 is 15.1 Å². The predicted octanol–water partition coefficient (Wildman–Crippen LogP) is 2.35. The zero-order valence-electron chi connectivity index (χ0n) is 20.7. The highest BCUT2D eigenvalue weighted by molar-refractivity contribution is 5.96. The van der Waals surface area contributed by atoms with Crippen LogP contribution >= 0.6 is 12.4 Å². The molecule has 2 N–H and O–H groups in total. The Balaban J connectivity index is 0.00000432. The first-order chi connectivity index (χ1) is 15.9. The van der Waals surface area contributed by atoms with Crippen LogP contribution in [0.25, 0.3) is 5.65 Å². The van der Waals surface area contributed by atoms with E-state index in [-0.39, 0.29) is 54.9 Å². The number of benzene rings is 1. The third-order valence-electron chi connectivity index (χ3n) is 5.06. The van der Waals surface area contributed by atoms with Crippen LogP contribution in [0.15, 0.2) is 24.3 Å². The lowest BCUT2D eigenvalue weighted by Gasteiger charge is -2.21. The summed E-state index contributed by atoms with van der Waals surface area (Å²) in [5.41, 5.74) is 1.95. The van der Waals surface area contributed by atoms with E-state index in [0.717, 1.165) is 5.56 Å². The maximum Gasteiger partial charge on any atom is 0.416 e. The second kappa shape index (κ2) is 10.9. The zero-order valence-corrected chi connectivity index (χ0v) is 21.5. The Hall–Kier alpha value is -3.44. The van der Waals surface area contributed by atoms with Gasteiger partial charge in [-0.3, -0.25) is 10.2 Å². The number of aliphatic hydroxyl groups is 1. The van der Waals surface area contributed by atoms with Crippen molar-refractivity contribution in [2.24, 2.45) is 0 Å². The molecule has 0 aliphatic rings. The quantitative estimate of drug-likeness (QED) is 0.469. The summed E-state index contributed by atoms with van der Waals surface area (Å²) in [4.78, 5) is 26.3. The number of halogens is 1. The summed E-state index contributed by atoms with van der Waals surface area (Å²) < 4.78 is 13.2. The molecule has 12 heteroatoms. The van der Waals surface area contributed by atoms with Gasteiger partial charge in [0.2, 0.25) is 11.5 Å². The van der Waals surface area contributed by atoms with Gasteiger partial charge in [0.1, 0.15) is 18.9 Å². The van der Waals surface area contributed by atoms with Gasteiger partial charge in [-0.1, -0.05) is 20.8 Å². The van der Waals surface area contributed by atoms with Crippen LogP contribution in [0.2, 0.25) is 0 Å². The molecule has 11 nitrogen and oxygen atoms in total. The summed E-state index contributed by atoms with van der Waals surface area (Å²) in [6, 6.07) is 6.82. The fraction of sp³-hybridized carbons (Fsp3) is 0.435. The summed E-state index contributed by atoms with van der Waals surface area (Å²) in [6.07, 6.45) is -0.598. The van der Waals surface area contributed by atoms with E-state index in [1.165, 1.54) is 14.1 Å². The molecule has 0 aliphatic carbocycles. The highest BCUT2D eigenvalue weighted by atomic mass is 35.5. The number of ketones is 1. The number of amides is 1. The Bertz CT molecular complexity index is 1290. The lowest BCUT2D eigenvalue weighted by atomic mass is 9.85. The van der Waals surface area contributed by atoms with Crippen molar-refractivity contribution in [1.29, 1.82) is 5.41 Å². The number of Topliss-reactive ketones (excluding diaryl/α,β-unsaturated/α-hetero) is 1. The van der Waals surface area contributed by atoms with E-state index in [9.17, 15) is 9.59 Å². The summed E-state index contributed by atoms with van der Waals surface area (Å²) >= 11 is 0. The number of ether oxygens (including phenoxy) is 2. The maximum absolute atomic E-state index is 13.2. The van der Waals surface area contributed by atoms with Gasteiger partial charge in [-0.15, -0.1) is 22.6 Å². The second-order valence-corrected chi connectivity index (χ2v) is 9.14.